The van der Waals surface area contributed by atoms with Crippen molar-refractivity contribution in [3.8, 4) is 5.75 Å². The summed E-state index contributed by atoms with van der Waals surface area (Å²) in [7, 11) is 0. The monoisotopic (exact) mass is 362 g/mol. The Bertz CT molecular complexity index is 477. The first-order chi connectivity index (χ1) is 7.76. The van der Waals surface area contributed by atoms with E-state index in [4.69, 9.17) is 0 Å². The lowest BCUT2D eigenvalue weighted by molar-refractivity contribution is -0.389. The van der Waals surface area contributed by atoms with Crippen LogP contribution < -0.4 is 4.74 Å². The van der Waals surface area contributed by atoms with Gasteiger partial charge in [-0.2, -0.15) is 0 Å². The van der Waals surface area contributed by atoms with Gasteiger partial charge in [0.05, 0.1) is 11.1 Å². The van der Waals surface area contributed by atoms with Crippen LogP contribution in [0.1, 0.15) is 10.4 Å². The number of rotatable bonds is 3. The second kappa shape index (κ2) is 4.81. The van der Waals surface area contributed by atoms with Crippen LogP contribution in [0.4, 0.5) is 18.9 Å². The highest BCUT2D eigenvalue weighted by Gasteiger charge is 2.36. The quantitative estimate of drug-likeness (QED) is 0.271. The number of carbonyl (C=O) groups excluding carboxylic acids is 1. The lowest BCUT2D eigenvalue weighted by Crippen LogP contribution is -2.19. The van der Waals surface area contributed by atoms with Crippen molar-refractivity contribution in [3.05, 3.63) is 25.6 Å². The predicted molar refractivity (Wildman–Crippen MR) is 55.7 cm³/mol. The molecule has 6 nitrogen and oxygen atoms in total. The highest BCUT2D eigenvalue weighted by molar-refractivity contribution is 14.1. The van der Waals surface area contributed by atoms with E-state index in [1.807, 2.05) is 0 Å². The fraction of sp³-hybridized carbons (Fsp3) is 0.143. The zero-order valence-corrected chi connectivity index (χ0v) is 9.85. The number of nitrogens with zero attached hydrogens (tertiary/aromatic N) is 2. The minimum atomic E-state index is -5.10. The number of alkyl halides is 3. The van der Waals surface area contributed by atoms with E-state index in [1.165, 1.54) is 22.6 Å². The van der Waals surface area contributed by atoms with Gasteiger partial charge < -0.3 is 4.74 Å². The summed E-state index contributed by atoms with van der Waals surface area (Å²) in [5, 5.41) is 10.6. The zero-order chi connectivity index (χ0) is 13.2. The van der Waals surface area contributed by atoms with Crippen LogP contribution in [0, 0.1) is 13.8 Å². The summed E-state index contributed by atoms with van der Waals surface area (Å²) in [5.41, 5.74) is -1.62. The average Bonchev–Trinajstić information content (AvgIpc) is 2.17. The van der Waals surface area contributed by atoms with Crippen molar-refractivity contribution in [2.45, 2.75) is 6.36 Å². The van der Waals surface area contributed by atoms with Crippen LogP contribution in [-0.2, 0) is 0 Å². The third-order valence-corrected chi connectivity index (χ3v) is 2.39. The van der Waals surface area contributed by atoms with Gasteiger partial charge in [-0.15, -0.1) is 13.2 Å². The van der Waals surface area contributed by atoms with E-state index in [0.717, 1.165) is 0 Å². The van der Waals surface area contributed by atoms with Crippen LogP contribution in [0.3, 0.4) is 0 Å². The van der Waals surface area contributed by atoms with E-state index < -0.39 is 28.3 Å². The first-order valence-corrected chi connectivity index (χ1v) is 4.88. The third kappa shape index (κ3) is 3.25. The topological polar surface area (TPSA) is 82.3 Å². The van der Waals surface area contributed by atoms with Gasteiger partial charge in [0.2, 0.25) is 5.75 Å². The van der Waals surface area contributed by atoms with Crippen LogP contribution in [0.25, 0.3) is 0 Å². The normalized spacial score (nSPS) is 11.1. The minimum Gasteiger partial charge on any atom is -0.397 e. The SMILES string of the molecule is O=Cc1c(I)ncc(OC(F)(F)F)c1[N+](=O)[O-]. The van der Waals surface area contributed by atoms with Crippen molar-refractivity contribution in [1.82, 2.24) is 4.98 Å². The fourth-order valence-electron chi connectivity index (χ4n) is 0.969. The van der Waals surface area contributed by atoms with Crippen molar-refractivity contribution in [1.29, 1.82) is 0 Å². The predicted octanol–water partition coefficient (Wildman–Crippen LogP) is 2.31. The van der Waals surface area contributed by atoms with Crippen molar-refractivity contribution >= 4 is 34.6 Å². The standard InChI is InChI=1S/C7H2F3IN2O4/c8-7(9,10)17-4-1-12-6(11)3(2-14)5(4)13(15)16/h1-2H. The molecule has 1 aromatic rings. The highest BCUT2D eigenvalue weighted by atomic mass is 127. The Morgan fingerprint density at radius 2 is 2.12 bits per heavy atom. The van der Waals surface area contributed by atoms with E-state index in [0.29, 0.717) is 6.20 Å². The van der Waals surface area contributed by atoms with Crippen molar-refractivity contribution < 1.29 is 27.6 Å². The molecule has 1 aromatic heterocycles. The molecule has 0 aliphatic rings. The molecule has 0 N–H and O–H groups in total. The molecule has 0 atom stereocenters. The van der Waals surface area contributed by atoms with Gasteiger partial charge in [0.25, 0.3) is 0 Å². The van der Waals surface area contributed by atoms with Gasteiger partial charge in [0.1, 0.15) is 9.26 Å². The summed E-state index contributed by atoms with van der Waals surface area (Å²) < 4.78 is 39.2. The zero-order valence-electron chi connectivity index (χ0n) is 7.69. The molecule has 0 spiro atoms. The van der Waals surface area contributed by atoms with Gasteiger partial charge in [-0.1, -0.05) is 0 Å². The first kappa shape index (κ1) is 13.6. The van der Waals surface area contributed by atoms with Gasteiger partial charge in [-0.25, -0.2) is 4.98 Å². The lowest BCUT2D eigenvalue weighted by atomic mass is 10.2. The van der Waals surface area contributed by atoms with Gasteiger partial charge >= 0.3 is 12.0 Å². The second-order valence-electron chi connectivity index (χ2n) is 2.60. The first-order valence-electron chi connectivity index (χ1n) is 3.80. The molecule has 0 aromatic carbocycles. The maximum Gasteiger partial charge on any atom is 0.573 e. The molecule has 10 heteroatoms. The Labute approximate surface area is 105 Å². The van der Waals surface area contributed by atoms with Crippen LogP contribution in [0.15, 0.2) is 6.20 Å². The fourth-order valence-corrected chi connectivity index (χ4v) is 1.49. The number of aromatic nitrogens is 1. The molecule has 0 amide bonds. The van der Waals surface area contributed by atoms with Crippen molar-refractivity contribution in [2.75, 3.05) is 0 Å². The largest absolute Gasteiger partial charge is 0.573 e. The summed E-state index contributed by atoms with van der Waals surface area (Å²) in [6, 6.07) is 0. The van der Waals surface area contributed by atoms with E-state index in [-0.39, 0.29) is 9.99 Å². The molecule has 1 heterocycles. The van der Waals surface area contributed by atoms with Gasteiger partial charge in [0, 0.05) is 0 Å². The van der Waals surface area contributed by atoms with Gasteiger partial charge in [0.15, 0.2) is 6.29 Å². The smallest absolute Gasteiger partial charge is 0.397 e. The van der Waals surface area contributed by atoms with Crippen molar-refractivity contribution in [2.24, 2.45) is 0 Å². The Balaban J connectivity index is 3.41. The molecule has 92 valence electrons. The molecule has 1 rings (SSSR count). The molecule has 0 fully saturated rings. The number of aldehydes is 1. The molecule has 0 radical (unpaired) electrons. The third-order valence-electron chi connectivity index (χ3n) is 1.53. The number of nitro groups is 1. The highest BCUT2D eigenvalue weighted by Crippen LogP contribution is 2.34. The van der Waals surface area contributed by atoms with Crippen LogP contribution >= 0.6 is 22.6 Å². The maximum atomic E-state index is 12.0. The van der Waals surface area contributed by atoms with E-state index in [1.54, 1.807) is 0 Å². The number of pyridine rings is 1. The van der Waals surface area contributed by atoms with E-state index in [2.05, 4.69) is 9.72 Å². The van der Waals surface area contributed by atoms with Crippen LogP contribution in [0.5, 0.6) is 5.75 Å². The number of hydrogen-bond acceptors (Lipinski definition) is 5. The molecular formula is C7H2F3IN2O4. The average molecular weight is 362 g/mol. The number of ether oxygens (including phenoxy) is 1. The molecule has 0 bridgehead atoms. The summed E-state index contributed by atoms with van der Waals surface area (Å²) in [5.74, 6) is -1.12. The number of hydrogen-bond donors (Lipinski definition) is 0. The van der Waals surface area contributed by atoms with Crippen molar-refractivity contribution in [3.63, 3.8) is 0 Å². The molecule has 0 saturated heterocycles. The Morgan fingerprint density at radius 1 is 1.53 bits per heavy atom. The Hall–Kier alpha value is -1.46. The molecule has 0 aliphatic heterocycles. The summed E-state index contributed by atoms with van der Waals surface area (Å²) in [6.07, 6.45) is -4.50. The van der Waals surface area contributed by atoms with Crippen LogP contribution in [0.2, 0.25) is 0 Å². The minimum absolute atomic E-state index is 0.0517. The molecule has 17 heavy (non-hydrogen) atoms. The molecule has 0 saturated carbocycles. The molecule has 0 unspecified atom stereocenters. The summed E-state index contributed by atoms with van der Waals surface area (Å²) in [4.78, 5) is 23.5. The summed E-state index contributed by atoms with van der Waals surface area (Å²) >= 11 is 1.49. The lowest BCUT2D eigenvalue weighted by Gasteiger charge is -2.09. The number of halogens is 4. The maximum absolute atomic E-state index is 12.0. The second-order valence-corrected chi connectivity index (χ2v) is 3.62. The molecular weight excluding hydrogens is 360 g/mol. The Kier molecular flexibility index (Phi) is 3.85. The van der Waals surface area contributed by atoms with E-state index >= 15 is 0 Å². The molecule has 0 aliphatic carbocycles. The van der Waals surface area contributed by atoms with Gasteiger partial charge in [-0.3, -0.25) is 14.9 Å². The van der Waals surface area contributed by atoms with Crippen LogP contribution in [-0.4, -0.2) is 22.6 Å². The summed E-state index contributed by atoms with van der Waals surface area (Å²) in [6.45, 7) is 0. The number of carbonyl (C=O) groups is 1. The Morgan fingerprint density at radius 3 is 2.53 bits per heavy atom. The van der Waals surface area contributed by atoms with Gasteiger partial charge in [-0.05, 0) is 22.6 Å². The van der Waals surface area contributed by atoms with E-state index in [9.17, 15) is 28.1 Å².